The molecule has 2 fully saturated rings. The summed E-state index contributed by atoms with van der Waals surface area (Å²) in [4.78, 5) is 0. The number of benzene rings is 1. The quantitative estimate of drug-likeness (QED) is 0.854. The number of hydrogen-bond acceptors (Lipinski definition) is 2. The van der Waals surface area contributed by atoms with Gasteiger partial charge in [-0.15, -0.1) is 0 Å². The number of fused-ring (bicyclic) bond motifs is 1. The van der Waals surface area contributed by atoms with Crippen LogP contribution in [0.2, 0.25) is 0 Å². The maximum Gasteiger partial charge on any atom is 0.117 e. The number of alkyl halides is 1. The van der Waals surface area contributed by atoms with Crippen molar-refractivity contribution in [1.29, 1.82) is 0 Å². The Kier molecular flexibility index (Phi) is 2.91. The lowest BCUT2D eigenvalue weighted by molar-refractivity contribution is 0.153. The molecule has 0 spiro atoms. The fraction of sp³-hybridized carbons (Fsp3) is 0.600. The molecule has 0 radical (unpaired) electrons. The van der Waals surface area contributed by atoms with Crippen LogP contribution in [0.4, 0.5) is 4.39 Å². The second kappa shape index (κ2) is 4.32. The second-order valence-electron chi connectivity index (χ2n) is 5.93. The molecule has 1 saturated heterocycles. The van der Waals surface area contributed by atoms with Gasteiger partial charge in [-0.2, -0.15) is 0 Å². The third-order valence-corrected chi connectivity index (χ3v) is 4.72. The largest absolute Gasteiger partial charge is 0.315 e. The van der Waals surface area contributed by atoms with Gasteiger partial charge in [0, 0.05) is 24.9 Å². The van der Waals surface area contributed by atoms with Crippen molar-refractivity contribution in [1.82, 2.24) is 10.6 Å². The minimum absolute atomic E-state index is 0.0243. The maximum atomic E-state index is 15.1. The Morgan fingerprint density at radius 3 is 2.83 bits per heavy atom. The summed E-state index contributed by atoms with van der Waals surface area (Å²) in [7, 11) is 1.97. The standard InChI is InChI=1S/C15H21FN2/c1-17-15-10-14(16,8-13(15)9-18-11-15)7-12-5-3-2-4-6-12/h2-6,13,17-18H,7-11H2,1H3/t13-,14+,15-/m0/s1. The van der Waals surface area contributed by atoms with Crippen molar-refractivity contribution in [3.05, 3.63) is 35.9 Å². The first-order valence-electron chi connectivity index (χ1n) is 6.78. The van der Waals surface area contributed by atoms with Crippen molar-refractivity contribution in [2.75, 3.05) is 20.1 Å². The third kappa shape index (κ3) is 1.95. The predicted molar refractivity (Wildman–Crippen MR) is 71.4 cm³/mol. The minimum Gasteiger partial charge on any atom is -0.315 e. The molecule has 2 N–H and O–H groups in total. The monoisotopic (exact) mass is 248 g/mol. The first-order valence-corrected chi connectivity index (χ1v) is 6.78. The maximum absolute atomic E-state index is 15.1. The molecule has 0 bridgehead atoms. The van der Waals surface area contributed by atoms with E-state index in [1.807, 2.05) is 37.4 Å². The van der Waals surface area contributed by atoms with Crippen molar-refractivity contribution in [2.45, 2.75) is 30.5 Å². The topological polar surface area (TPSA) is 24.1 Å². The Morgan fingerprint density at radius 1 is 1.39 bits per heavy atom. The number of likely N-dealkylation sites (N-methyl/N-ethyl adjacent to an activating group) is 1. The van der Waals surface area contributed by atoms with Crippen LogP contribution in [0.25, 0.3) is 0 Å². The van der Waals surface area contributed by atoms with Gasteiger partial charge in [0.2, 0.25) is 0 Å². The molecule has 1 heterocycles. The molecule has 0 aromatic heterocycles. The summed E-state index contributed by atoms with van der Waals surface area (Å²) in [5.41, 5.74) is 0.0416. The molecule has 3 heteroatoms. The summed E-state index contributed by atoms with van der Waals surface area (Å²) in [5.74, 6) is 0.427. The van der Waals surface area contributed by atoms with Gasteiger partial charge in [0.05, 0.1) is 0 Å². The summed E-state index contributed by atoms with van der Waals surface area (Å²) in [6, 6.07) is 10.0. The van der Waals surface area contributed by atoms with E-state index in [1.165, 1.54) is 0 Å². The van der Waals surface area contributed by atoms with Gasteiger partial charge in [0.15, 0.2) is 0 Å². The number of nitrogens with one attached hydrogen (secondary N) is 2. The van der Waals surface area contributed by atoms with Crippen LogP contribution in [0.1, 0.15) is 18.4 Å². The summed E-state index contributed by atoms with van der Waals surface area (Å²) in [6.07, 6.45) is 1.85. The third-order valence-electron chi connectivity index (χ3n) is 4.72. The van der Waals surface area contributed by atoms with Gasteiger partial charge in [-0.3, -0.25) is 0 Å². The van der Waals surface area contributed by atoms with E-state index >= 15 is 4.39 Å². The number of rotatable bonds is 3. The van der Waals surface area contributed by atoms with E-state index in [0.717, 1.165) is 18.7 Å². The van der Waals surface area contributed by atoms with Crippen LogP contribution in [0, 0.1) is 5.92 Å². The average molecular weight is 248 g/mol. The molecule has 0 amide bonds. The van der Waals surface area contributed by atoms with Crippen LogP contribution < -0.4 is 10.6 Å². The molecule has 1 aliphatic heterocycles. The van der Waals surface area contributed by atoms with Crippen molar-refractivity contribution in [2.24, 2.45) is 5.92 Å². The van der Waals surface area contributed by atoms with Crippen molar-refractivity contribution in [3.8, 4) is 0 Å². The molecule has 18 heavy (non-hydrogen) atoms. The van der Waals surface area contributed by atoms with E-state index in [-0.39, 0.29) is 5.54 Å². The van der Waals surface area contributed by atoms with Crippen LogP contribution in [-0.4, -0.2) is 31.3 Å². The lowest BCUT2D eigenvalue weighted by Crippen LogP contribution is -2.48. The Morgan fingerprint density at radius 2 is 2.17 bits per heavy atom. The second-order valence-corrected chi connectivity index (χ2v) is 5.93. The Labute approximate surface area is 108 Å². The van der Waals surface area contributed by atoms with E-state index in [9.17, 15) is 0 Å². The molecule has 3 atom stereocenters. The molecule has 1 saturated carbocycles. The van der Waals surface area contributed by atoms with Gasteiger partial charge < -0.3 is 10.6 Å². The molecule has 1 aromatic rings. The Bertz CT molecular complexity index is 422. The molecule has 2 nitrogen and oxygen atoms in total. The Balaban J connectivity index is 1.78. The molecule has 0 unspecified atom stereocenters. The van der Waals surface area contributed by atoms with E-state index < -0.39 is 5.67 Å². The highest BCUT2D eigenvalue weighted by molar-refractivity contribution is 5.21. The van der Waals surface area contributed by atoms with Gasteiger partial charge in [0.1, 0.15) is 5.67 Å². The van der Waals surface area contributed by atoms with Crippen LogP contribution in [0.3, 0.4) is 0 Å². The minimum atomic E-state index is -1.04. The first-order chi connectivity index (χ1) is 8.66. The molecule has 3 rings (SSSR count). The smallest absolute Gasteiger partial charge is 0.117 e. The zero-order valence-electron chi connectivity index (χ0n) is 10.9. The molecular weight excluding hydrogens is 227 g/mol. The number of halogens is 1. The van der Waals surface area contributed by atoms with Crippen molar-refractivity contribution < 1.29 is 4.39 Å². The van der Waals surface area contributed by atoms with E-state index in [0.29, 0.717) is 25.2 Å². The molecular formula is C15H21FN2. The van der Waals surface area contributed by atoms with E-state index in [4.69, 9.17) is 0 Å². The predicted octanol–water partition coefficient (Wildman–Crippen LogP) is 1.91. The summed E-state index contributed by atoms with van der Waals surface area (Å²) < 4.78 is 15.1. The highest BCUT2D eigenvalue weighted by Crippen LogP contribution is 2.47. The zero-order valence-corrected chi connectivity index (χ0v) is 10.9. The lowest BCUT2D eigenvalue weighted by Gasteiger charge is -2.29. The van der Waals surface area contributed by atoms with Crippen LogP contribution in [0.15, 0.2) is 30.3 Å². The molecule has 2 aliphatic rings. The van der Waals surface area contributed by atoms with Gasteiger partial charge in [-0.05, 0) is 31.5 Å². The fourth-order valence-corrected chi connectivity index (χ4v) is 3.84. The van der Waals surface area contributed by atoms with Crippen LogP contribution in [0.5, 0.6) is 0 Å². The highest BCUT2D eigenvalue weighted by Gasteiger charge is 2.56. The van der Waals surface area contributed by atoms with Gasteiger partial charge in [-0.25, -0.2) is 4.39 Å². The summed E-state index contributed by atoms with van der Waals surface area (Å²) in [5, 5.41) is 6.77. The van der Waals surface area contributed by atoms with Gasteiger partial charge in [0.25, 0.3) is 0 Å². The van der Waals surface area contributed by atoms with Crippen molar-refractivity contribution in [3.63, 3.8) is 0 Å². The Hall–Kier alpha value is -0.930. The van der Waals surface area contributed by atoms with Crippen LogP contribution >= 0.6 is 0 Å². The van der Waals surface area contributed by atoms with E-state index in [2.05, 4.69) is 10.6 Å². The summed E-state index contributed by atoms with van der Waals surface area (Å²) in [6.45, 7) is 1.84. The van der Waals surface area contributed by atoms with Crippen LogP contribution in [-0.2, 0) is 6.42 Å². The highest BCUT2D eigenvalue weighted by atomic mass is 19.1. The van der Waals surface area contributed by atoms with Gasteiger partial charge >= 0.3 is 0 Å². The molecule has 1 aliphatic carbocycles. The fourth-order valence-electron chi connectivity index (χ4n) is 3.84. The summed E-state index contributed by atoms with van der Waals surface area (Å²) >= 11 is 0. The number of hydrogen-bond donors (Lipinski definition) is 2. The molecule has 1 aromatic carbocycles. The first kappa shape index (κ1) is 12.1. The zero-order chi connectivity index (χ0) is 12.6. The van der Waals surface area contributed by atoms with E-state index in [1.54, 1.807) is 0 Å². The molecule has 98 valence electrons. The van der Waals surface area contributed by atoms with Crippen molar-refractivity contribution >= 4 is 0 Å². The normalized spacial score (nSPS) is 38.9. The SMILES string of the molecule is CN[C@@]12CNC[C@@H]1C[C@](F)(Cc1ccccc1)C2. The average Bonchev–Trinajstić information content (AvgIpc) is 2.84. The van der Waals surface area contributed by atoms with Gasteiger partial charge in [-0.1, -0.05) is 30.3 Å². The lowest BCUT2D eigenvalue weighted by atomic mass is 9.89.